The highest BCUT2D eigenvalue weighted by Gasteiger charge is 2.20. The Morgan fingerprint density at radius 3 is 2.17 bits per heavy atom. The van der Waals surface area contributed by atoms with E-state index in [0.29, 0.717) is 5.92 Å². The normalized spacial score (nSPS) is 19.4. The van der Waals surface area contributed by atoms with E-state index in [-0.39, 0.29) is 0 Å². The zero-order chi connectivity index (χ0) is 9.14. The molecular formula is C9H19N3+2. The quantitative estimate of drug-likeness (QED) is 0.509. The van der Waals surface area contributed by atoms with Crippen LogP contribution in [0.25, 0.3) is 0 Å². The van der Waals surface area contributed by atoms with E-state index < -0.39 is 0 Å². The summed E-state index contributed by atoms with van der Waals surface area (Å²) in [5.74, 6) is 0.559. The van der Waals surface area contributed by atoms with Crippen LogP contribution in [0.1, 0.15) is 0 Å². The van der Waals surface area contributed by atoms with Crippen LogP contribution < -0.4 is 0 Å². The molecule has 0 bridgehead atoms. The average Bonchev–Trinajstić information content (AvgIpc) is 1.81. The highest BCUT2D eigenvalue weighted by molar-refractivity contribution is 5.79. The fourth-order valence-electron chi connectivity index (χ4n) is 1.65. The van der Waals surface area contributed by atoms with E-state index in [4.69, 9.17) is 0 Å². The van der Waals surface area contributed by atoms with Gasteiger partial charge in [-0.25, -0.2) is 0 Å². The summed E-state index contributed by atoms with van der Waals surface area (Å²) in [5.41, 5.74) is 0. The van der Waals surface area contributed by atoms with Crippen molar-refractivity contribution in [2.24, 2.45) is 5.92 Å². The van der Waals surface area contributed by atoms with E-state index in [1.54, 1.807) is 0 Å². The second kappa shape index (κ2) is 3.81. The van der Waals surface area contributed by atoms with Gasteiger partial charge in [-0.15, -0.1) is 0 Å². The lowest BCUT2D eigenvalue weighted by molar-refractivity contribution is -0.706. The predicted molar refractivity (Wildman–Crippen MR) is 51.4 cm³/mol. The lowest BCUT2D eigenvalue weighted by Gasteiger charge is -2.13. The molecule has 0 unspecified atom stereocenters. The standard InChI is InChI=1S/C9H19N3/c1-10(2)5-9-6-11(3)8-12(4)7-9/h6-7,9H,5,8H2,1-4H3/q+2. The number of hydrogen-bond acceptors (Lipinski definition) is 1. The van der Waals surface area contributed by atoms with Gasteiger partial charge in [-0.3, -0.25) is 0 Å². The van der Waals surface area contributed by atoms with Gasteiger partial charge in [0.25, 0.3) is 0 Å². The van der Waals surface area contributed by atoms with Crippen molar-refractivity contribution in [1.29, 1.82) is 0 Å². The van der Waals surface area contributed by atoms with Crippen LogP contribution in [0.15, 0.2) is 0 Å². The van der Waals surface area contributed by atoms with Crippen molar-refractivity contribution in [2.75, 3.05) is 41.4 Å². The van der Waals surface area contributed by atoms with Crippen LogP contribution in [0.2, 0.25) is 0 Å². The lowest BCUT2D eigenvalue weighted by Crippen LogP contribution is -2.36. The molecule has 0 aromatic heterocycles. The van der Waals surface area contributed by atoms with Crippen molar-refractivity contribution in [3.8, 4) is 0 Å². The Labute approximate surface area is 74.6 Å². The first-order chi connectivity index (χ1) is 5.58. The van der Waals surface area contributed by atoms with Crippen molar-refractivity contribution in [1.82, 2.24) is 4.90 Å². The van der Waals surface area contributed by atoms with E-state index in [1.807, 2.05) is 0 Å². The Bertz CT molecular complexity index is 198. The molecule has 0 amide bonds. The van der Waals surface area contributed by atoms with Gasteiger partial charge in [0.15, 0.2) is 12.4 Å². The van der Waals surface area contributed by atoms with Gasteiger partial charge in [0.2, 0.25) is 0 Å². The highest BCUT2D eigenvalue weighted by Crippen LogP contribution is 1.94. The van der Waals surface area contributed by atoms with Gasteiger partial charge < -0.3 is 4.90 Å². The summed E-state index contributed by atoms with van der Waals surface area (Å²) >= 11 is 0. The fourth-order valence-corrected chi connectivity index (χ4v) is 1.65. The molecule has 0 saturated heterocycles. The Morgan fingerprint density at radius 2 is 1.75 bits per heavy atom. The molecule has 12 heavy (non-hydrogen) atoms. The van der Waals surface area contributed by atoms with Crippen molar-refractivity contribution in [3.63, 3.8) is 0 Å². The first kappa shape index (κ1) is 9.39. The minimum Gasteiger partial charge on any atom is -0.308 e. The van der Waals surface area contributed by atoms with E-state index >= 15 is 0 Å². The molecule has 0 aromatic rings. The Morgan fingerprint density at radius 1 is 1.25 bits per heavy atom. The first-order valence-electron chi connectivity index (χ1n) is 4.33. The largest absolute Gasteiger partial charge is 0.333 e. The van der Waals surface area contributed by atoms with Gasteiger partial charge in [-0.05, 0) is 14.1 Å². The van der Waals surface area contributed by atoms with E-state index in [1.165, 1.54) is 0 Å². The van der Waals surface area contributed by atoms with Crippen LogP contribution in [-0.4, -0.2) is 67.9 Å². The van der Waals surface area contributed by atoms with Crippen LogP contribution >= 0.6 is 0 Å². The third-order valence-corrected chi connectivity index (χ3v) is 1.91. The maximum absolute atomic E-state index is 2.28. The van der Waals surface area contributed by atoms with E-state index in [9.17, 15) is 0 Å². The van der Waals surface area contributed by atoms with Gasteiger partial charge in [0.1, 0.15) is 20.0 Å². The summed E-state index contributed by atoms with van der Waals surface area (Å²) in [7, 11) is 8.45. The minimum absolute atomic E-state index is 0.559. The average molecular weight is 169 g/mol. The van der Waals surface area contributed by atoms with Crippen molar-refractivity contribution < 1.29 is 9.15 Å². The van der Waals surface area contributed by atoms with Crippen LogP contribution in [0.4, 0.5) is 0 Å². The summed E-state index contributed by atoms with van der Waals surface area (Å²) in [4.78, 5) is 2.21. The molecule has 0 fully saturated rings. The SMILES string of the molecule is CN(C)CC1C=[N+](C)C[N+](C)=C1. The molecule has 3 heteroatoms. The second-order valence-corrected chi connectivity index (χ2v) is 3.88. The third-order valence-electron chi connectivity index (χ3n) is 1.91. The fraction of sp³-hybridized carbons (Fsp3) is 0.778. The Hall–Kier alpha value is -0.700. The van der Waals surface area contributed by atoms with Crippen LogP contribution in [0.5, 0.6) is 0 Å². The van der Waals surface area contributed by atoms with Gasteiger partial charge in [0, 0.05) is 6.54 Å². The topological polar surface area (TPSA) is 9.26 Å². The molecule has 0 N–H and O–H groups in total. The zero-order valence-electron chi connectivity index (χ0n) is 8.49. The van der Waals surface area contributed by atoms with Gasteiger partial charge in [-0.2, -0.15) is 9.15 Å². The van der Waals surface area contributed by atoms with E-state index in [2.05, 4.69) is 54.7 Å². The molecule has 1 aliphatic rings. The summed E-state index contributed by atoms with van der Waals surface area (Å²) in [6, 6.07) is 0. The minimum atomic E-state index is 0.559. The van der Waals surface area contributed by atoms with Gasteiger partial charge in [0.05, 0.1) is 0 Å². The van der Waals surface area contributed by atoms with Crippen LogP contribution in [0, 0.1) is 5.92 Å². The molecule has 68 valence electrons. The monoisotopic (exact) mass is 169 g/mol. The lowest BCUT2D eigenvalue weighted by atomic mass is 10.1. The van der Waals surface area contributed by atoms with Gasteiger partial charge >= 0.3 is 6.67 Å². The van der Waals surface area contributed by atoms with E-state index in [0.717, 1.165) is 13.2 Å². The molecule has 1 heterocycles. The molecule has 0 spiro atoms. The van der Waals surface area contributed by atoms with Crippen molar-refractivity contribution in [3.05, 3.63) is 0 Å². The summed E-state index contributed by atoms with van der Waals surface area (Å²) in [5, 5.41) is 0. The summed E-state index contributed by atoms with van der Waals surface area (Å²) in [6.07, 6.45) is 4.56. The molecule has 3 nitrogen and oxygen atoms in total. The molecule has 0 saturated carbocycles. The molecule has 0 atom stereocenters. The molecule has 0 aliphatic carbocycles. The molecule has 0 aromatic carbocycles. The van der Waals surface area contributed by atoms with Crippen molar-refractivity contribution in [2.45, 2.75) is 0 Å². The first-order valence-corrected chi connectivity index (χ1v) is 4.33. The smallest absolute Gasteiger partial charge is 0.308 e. The maximum atomic E-state index is 2.28. The molecule has 0 radical (unpaired) electrons. The number of rotatable bonds is 2. The molecular weight excluding hydrogens is 150 g/mol. The predicted octanol–water partition coefficient (Wildman–Crippen LogP) is -0.438. The maximum Gasteiger partial charge on any atom is 0.333 e. The second-order valence-electron chi connectivity index (χ2n) is 3.88. The Kier molecular flexibility index (Phi) is 2.98. The molecule has 1 rings (SSSR count). The number of hydrogen-bond donors (Lipinski definition) is 0. The zero-order valence-corrected chi connectivity index (χ0v) is 8.49. The molecule has 1 aliphatic heterocycles. The van der Waals surface area contributed by atoms with Crippen LogP contribution in [-0.2, 0) is 0 Å². The summed E-state index contributed by atoms with van der Waals surface area (Å²) in [6.45, 7) is 2.10. The van der Waals surface area contributed by atoms with Crippen LogP contribution in [0.3, 0.4) is 0 Å². The van der Waals surface area contributed by atoms with Crippen molar-refractivity contribution >= 4 is 12.4 Å². The highest BCUT2D eigenvalue weighted by atomic mass is 15.2. The number of nitrogens with zero attached hydrogens (tertiary/aromatic N) is 3. The third kappa shape index (κ3) is 2.74. The summed E-state index contributed by atoms with van der Waals surface area (Å²) < 4.78 is 4.46. The Balaban J connectivity index is 2.58. The van der Waals surface area contributed by atoms with Gasteiger partial charge in [-0.1, -0.05) is 0 Å².